The standard InChI is InChI=1S/C53H30N4O2/c1-2-14-33-30-45-41(28-32(33)13-1)36-17-5-8-21-43(36)57(45)44-26-25-40(50-49(44)39-19-7-10-23-47(39)59-50)53-55-51(34-24-27-48-42(29-34)37-18-6-9-22-46(37)58-48)54-52(56-53)38-20-11-15-31-12-3-4-16-35(31)38/h1-30H. The third-order valence-corrected chi connectivity index (χ3v) is 11.8. The third kappa shape index (κ3) is 4.77. The fourth-order valence-electron chi connectivity index (χ4n) is 9.12. The Bertz CT molecular complexity index is 3870. The highest BCUT2D eigenvalue weighted by atomic mass is 16.3. The minimum Gasteiger partial charge on any atom is -0.456 e. The number of hydrogen-bond donors (Lipinski definition) is 0. The predicted molar refractivity (Wildman–Crippen MR) is 240 cm³/mol. The summed E-state index contributed by atoms with van der Waals surface area (Å²) in [5, 5.41) is 11.1. The lowest BCUT2D eigenvalue weighted by Crippen LogP contribution is -2.01. The van der Waals surface area contributed by atoms with Crippen LogP contribution in [0.4, 0.5) is 0 Å². The van der Waals surface area contributed by atoms with Gasteiger partial charge in [0, 0.05) is 38.1 Å². The van der Waals surface area contributed by atoms with Crippen molar-refractivity contribution >= 4 is 87.2 Å². The van der Waals surface area contributed by atoms with Crippen LogP contribution in [0.15, 0.2) is 191 Å². The van der Waals surface area contributed by atoms with E-state index >= 15 is 0 Å². The van der Waals surface area contributed by atoms with E-state index in [0.29, 0.717) is 23.1 Å². The Morgan fingerprint density at radius 2 is 0.983 bits per heavy atom. The molecule has 0 saturated heterocycles. The average molecular weight is 755 g/mol. The lowest BCUT2D eigenvalue weighted by Gasteiger charge is -2.13. The molecule has 9 aromatic carbocycles. The normalized spacial score (nSPS) is 12.1. The highest BCUT2D eigenvalue weighted by molar-refractivity contribution is 6.18. The molecular weight excluding hydrogens is 725 g/mol. The van der Waals surface area contributed by atoms with Gasteiger partial charge in [-0.15, -0.1) is 0 Å². The van der Waals surface area contributed by atoms with Crippen LogP contribution in [-0.4, -0.2) is 19.5 Å². The summed E-state index contributed by atoms with van der Waals surface area (Å²) in [4.78, 5) is 15.8. The molecule has 0 fully saturated rings. The summed E-state index contributed by atoms with van der Waals surface area (Å²) in [6, 6.07) is 63.3. The highest BCUT2D eigenvalue weighted by Gasteiger charge is 2.24. The first-order valence-electron chi connectivity index (χ1n) is 19.8. The summed E-state index contributed by atoms with van der Waals surface area (Å²) in [7, 11) is 0. The van der Waals surface area contributed by atoms with Gasteiger partial charge in [0.1, 0.15) is 22.3 Å². The summed E-state index contributed by atoms with van der Waals surface area (Å²) in [6.45, 7) is 0. The topological polar surface area (TPSA) is 69.9 Å². The van der Waals surface area contributed by atoms with Crippen molar-refractivity contribution in [3.05, 3.63) is 182 Å². The van der Waals surface area contributed by atoms with Gasteiger partial charge in [-0.05, 0) is 82.2 Å². The molecule has 0 N–H and O–H groups in total. The third-order valence-electron chi connectivity index (χ3n) is 11.8. The van der Waals surface area contributed by atoms with Crippen molar-refractivity contribution in [1.82, 2.24) is 19.5 Å². The molecule has 0 aliphatic carbocycles. The summed E-state index contributed by atoms with van der Waals surface area (Å²) in [5.74, 6) is 1.67. The van der Waals surface area contributed by atoms with Crippen LogP contribution in [0.1, 0.15) is 0 Å². The van der Waals surface area contributed by atoms with E-state index in [-0.39, 0.29) is 0 Å². The maximum Gasteiger partial charge on any atom is 0.167 e. The van der Waals surface area contributed by atoms with Crippen LogP contribution < -0.4 is 0 Å². The van der Waals surface area contributed by atoms with Gasteiger partial charge in [0.05, 0.1) is 27.7 Å². The van der Waals surface area contributed by atoms with Gasteiger partial charge in [0.15, 0.2) is 17.5 Å². The summed E-state index contributed by atoms with van der Waals surface area (Å²) in [6.07, 6.45) is 0. The van der Waals surface area contributed by atoms with Gasteiger partial charge in [-0.3, -0.25) is 0 Å². The van der Waals surface area contributed by atoms with Crippen molar-refractivity contribution < 1.29 is 8.83 Å². The minimum atomic E-state index is 0.527. The Morgan fingerprint density at radius 1 is 0.356 bits per heavy atom. The largest absolute Gasteiger partial charge is 0.456 e. The number of fused-ring (bicyclic) bond motifs is 11. The molecule has 0 saturated carbocycles. The molecule has 0 bridgehead atoms. The molecule has 59 heavy (non-hydrogen) atoms. The number of nitrogens with zero attached hydrogens (tertiary/aromatic N) is 4. The van der Waals surface area contributed by atoms with Gasteiger partial charge < -0.3 is 13.4 Å². The molecule has 6 heteroatoms. The summed E-state index contributed by atoms with van der Waals surface area (Å²) >= 11 is 0. The Labute approximate surface area is 336 Å². The fourth-order valence-corrected chi connectivity index (χ4v) is 9.12. The zero-order valence-electron chi connectivity index (χ0n) is 31.4. The molecule has 13 rings (SSSR count). The first kappa shape index (κ1) is 32.0. The van der Waals surface area contributed by atoms with Crippen LogP contribution >= 0.6 is 0 Å². The maximum absolute atomic E-state index is 6.90. The number of aromatic nitrogens is 4. The van der Waals surface area contributed by atoms with Gasteiger partial charge in [-0.25, -0.2) is 15.0 Å². The average Bonchev–Trinajstić information content (AvgIpc) is 3.97. The van der Waals surface area contributed by atoms with Crippen molar-refractivity contribution in [2.45, 2.75) is 0 Å². The van der Waals surface area contributed by atoms with Gasteiger partial charge in [-0.2, -0.15) is 0 Å². The van der Waals surface area contributed by atoms with Gasteiger partial charge in [0.25, 0.3) is 0 Å². The molecule has 0 amide bonds. The molecule has 0 unspecified atom stereocenters. The SMILES string of the molecule is c1ccc2cc3c(cc2c1)c1ccccc1n3-c1ccc(-c2nc(-c3ccc4oc5ccccc5c4c3)nc(-c3cccc4ccccc34)n2)c2oc3ccccc3c12. The van der Waals surface area contributed by atoms with Crippen molar-refractivity contribution in [3.63, 3.8) is 0 Å². The van der Waals surface area contributed by atoms with E-state index in [2.05, 4.69) is 144 Å². The van der Waals surface area contributed by atoms with E-state index in [1.165, 1.54) is 21.5 Å². The van der Waals surface area contributed by atoms with E-state index in [1.807, 2.05) is 42.5 Å². The molecule has 0 spiro atoms. The second-order valence-electron chi connectivity index (χ2n) is 15.1. The lowest BCUT2D eigenvalue weighted by molar-refractivity contribution is 0.669. The first-order chi connectivity index (χ1) is 29.2. The maximum atomic E-state index is 6.90. The Morgan fingerprint density at radius 3 is 1.83 bits per heavy atom. The van der Waals surface area contributed by atoms with Crippen molar-refractivity contribution in [1.29, 1.82) is 0 Å². The number of rotatable bonds is 4. The number of benzene rings is 9. The van der Waals surface area contributed by atoms with Crippen molar-refractivity contribution in [2.75, 3.05) is 0 Å². The Kier molecular flexibility index (Phi) is 6.63. The number of hydrogen-bond acceptors (Lipinski definition) is 5. The van der Waals surface area contributed by atoms with Crippen LogP contribution in [0.5, 0.6) is 0 Å². The van der Waals surface area contributed by atoms with Crippen LogP contribution in [0.3, 0.4) is 0 Å². The fraction of sp³-hybridized carbons (Fsp3) is 0. The van der Waals surface area contributed by atoms with E-state index in [0.717, 1.165) is 82.5 Å². The van der Waals surface area contributed by atoms with Gasteiger partial charge >= 0.3 is 0 Å². The molecule has 0 aliphatic rings. The molecule has 4 heterocycles. The quantitative estimate of drug-likeness (QED) is 0.179. The number of furan rings is 2. The Hall–Kier alpha value is -8.09. The second-order valence-corrected chi connectivity index (χ2v) is 15.1. The molecule has 0 aliphatic heterocycles. The van der Waals surface area contributed by atoms with Gasteiger partial charge in [0.2, 0.25) is 0 Å². The molecular formula is C53H30N4O2. The summed E-state index contributed by atoms with van der Waals surface area (Å²) < 4.78 is 15.5. The van der Waals surface area contributed by atoms with Crippen molar-refractivity contribution in [2.24, 2.45) is 0 Å². The van der Waals surface area contributed by atoms with Crippen LogP contribution in [0.2, 0.25) is 0 Å². The monoisotopic (exact) mass is 754 g/mol. The second kappa shape index (κ2) is 12.2. The van der Waals surface area contributed by atoms with Crippen LogP contribution in [0, 0.1) is 0 Å². The van der Waals surface area contributed by atoms with E-state index in [1.54, 1.807) is 0 Å². The smallest absolute Gasteiger partial charge is 0.167 e. The molecule has 13 aromatic rings. The molecule has 274 valence electrons. The lowest BCUT2D eigenvalue weighted by atomic mass is 10.0. The van der Waals surface area contributed by atoms with Crippen molar-refractivity contribution in [3.8, 4) is 39.9 Å². The van der Waals surface area contributed by atoms with Gasteiger partial charge in [-0.1, -0.05) is 121 Å². The van der Waals surface area contributed by atoms with E-state index < -0.39 is 0 Å². The van der Waals surface area contributed by atoms with E-state index in [9.17, 15) is 0 Å². The summed E-state index contributed by atoms with van der Waals surface area (Å²) in [5.41, 5.74) is 9.03. The number of para-hydroxylation sites is 3. The molecule has 6 nitrogen and oxygen atoms in total. The minimum absolute atomic E-state index is 0.527. The molecule has 4 aromatic heterocycles. The van der Waals surface area contributed by atoms with E-state index in [4.69, 9.17) is 23.8 Å². The predicted octanol–water partition coefficient (Wildman–Crippen LogP) is 14.1. The molecule has 0 atom stereocenters. The van der Waals surface area contributed by atoms with Crippen LogP contribution in [-0.2, 0) is 0 Å². The van der Waals surface area contributed by atoms with Crippen LogP contribution in [0.25, 0.3) is 127 Å². The first-order valence-corrected chi connectivity index (χ1v) is 19.8. The zero-order chi connectivity index (χ0) is 38.6. The zero-order valence-corrected chi connectivity index (χ0v) is 31.4. The Balaban J connectivity index is 1.10. The highest BCUT2D eigenvalue weighted by Crippen LogP contribution is 2.43. The molecule has 0 radical (unpaired) electrons.